The van der Waals surface area contributed by atoms with Gasteiger partial charge in [0.25, 0.3) is 5.91 Å². The van der Waals surface area contributed by atoms with E-state index in [2.05, 4.69) is 15.1 Å². The lowest BCUT2D eigenvalue weighted by molar-refractivity contribution is 0.0513. The van der Waals surface area contributed by atoms with Crippen LogP contribution >= 0.6 is 0 Å². The average molecular weight is 317 g/mol. The van der Waals surface area contributed by atoms with Crippen LogP contribution in [0.4, 0.5) is 0 Å². The lowest BCUT2D eigenvalue weighted by Gasteiger charge is -2.32. The van der Waals surface area contributed by atoms with Crippen LogP contribution in [0.25, 0.3) is 0 Å². The molecule has 2 aromatic heterocycles. The SMILES string of the molecule is COc1nn(C)cc1C(=O)N1CCCC(Oc2ncccn2)C1. The third-order valence-corrected chi connectivity index (χ3v) is 3.70. The van der Waals surface area contributed by atoms with E-state index >= 15 is 0 Å². The first-order valence-electron chi connectivity index (χ1n) is 7.48. The van der Waals surface area contributed by atoms with Crippen molar-refractivity contribution in [3.63, 3.8) is 0 Å². The minimum atomic E-state index is -0.113. The highest BCUT2D eigenvalue weighted by Crippen LogP contribution is 2.21. The minimum Gasteiger partial charge on any atom is -0.479 e. The van der Waals surface area contributed by atoms with Gasteiger partial charge in [0.15, 0.2) is 0 Å². The van der Waals surface area contributed by atoms with Crippen molar-refractivity contribution < 1.29 is 14.3 Å². The summed E-state index contributed by atoms with van der Waals surface area (Å²) in [5.74, 6) is 0.240. The van der Waals surface area contributed by atoms with E-state index in [0.717, 1.165) is 12.8 Å². The molecule has 23 heavy (non-hydrogen) atoms. The molecular weight excluding hydrogens is 298 g/mol. The van der Waals surface area contributed by atoms with Crippen molar-refractivity contribution in [1.82, 2.24) is 24.6 Å². The summed E-state index contributed by atoms with van der Waals surface area (Å²) in [5.41, 5.74) is 0.464. The number of nitrogens with zero attached hydrogens (tertiary/aromatic N) is 5. The van der Waals surface area contributed by atoms with Gasteiger partial charge in [0.1, 0.15) is 11.7 Å². The van der Waals surface area contributed by atoms with E-state index in [4.69, 9.17) is 9.47 Å². The molecule has 1 amide bonds. The van der Waals surface area contributed by atoms with Crippen LogP contribution in [0.15, 0.2) is 24.7 Å². The molecule has 1 unspecified atom stereocenters. The van der Waals surface area contributed by atoms with Crippen LogP contribution in [0.2, 0.25) is 0 Å². The fraction of sp³-hybridized carbons (Fsp3) is 0.467. The first kappa shape index (κ1) is 15.3. The molecule has 1 aliphatic heterocycles. The standard InChI is InChI=1S/C15H19N5O3/c1-19-10-12(13(18-19)22-2)14(21)20-8-3-5-11(9-20)23-15-16-6-4-7-17-15/h4,6-7,10-11H,3,5,8-9H2,1-2H3. The number of likely N-dealkylation sites (tertiary alicyclic amines) is 1. The number of ether oxygens (including phenoxy) is 2. The molecule has 1 atom stereocenters. The maximum absolute atomic E-state index is 12.7. The Hall–Kier alpha value is -2.64. The molecule has 0 aliphatic carbocycles. The molecule has 3 rings (SSSR count). The van der Waals surface area contributed by atoms with Crippen LogP contribution in [0.5, 0.6) is 11.9 Å². The Bertz CT molecular complexity index is 673. The van der Waals surface area contributed by atoms with E-state index in [1.165, 1.54) is 7.11 Å². The van der Waals surface area contributed by atoms with Crippen LogP contribution in [0.3, 0.4) is 0 Å². The molecule has 0 N–H and O–H groups in total. The third kappa shape index (κ3) is 3.41. The molecule has 0 radical (unpaired) electrons. The summed E-state index contributed by atoms with van der Waals surface area (Å²) in [6, 6.07) is 2.07. The largest absolute Gasteiger partial charge is 0.479 e. The van der Waals surface area contributed by atoms with Crippen molar-refractivity contribution >= 4 is 5.91 Å². The molecule has 1 aliphatic rings. The molecule has 8 heteroatoms. The van der Waals surface area contributed by atoms with Crippen molar-refractivity contribution in [3.05, 3.63) is 30.2 Å². The molecule has 0 saturated carbocycles. The lowest BCUT2D eigenvalue weighted by Crippen LogP contribution is -2.44. The molecule has 0 bridgehead atoms. The lowest BCUT2D eigenvalue weighted by atomic mass is 10.1. The molecule has 1 fully saturated rings. The van der Waals surface area contributed by atoms with Gasteiger partial charge in [-0.25, -0.2) is 9.97 Å². The molecule has 0 aromatic carbocycles. The van der Waals surface area contributed by atoms with E-state index in [0.29, 0.717) is 30.5 Å². The number of piperidine rings is 1. The Morgan fingerprint density at radius 1 is 1.35 bits per heavy atom. The highest BCUT2D eigenvalue weighted by molar-refractivity contribution is 5.96. The van der Waals surface area contributed by atoms with Crippen LogP contribution in [0.1, 0.15) is 23.2 Å². The molecular formula is C15H19N5O3. The second-order valence-corrected chi connectivity index (χ2v) is 5.39. The first-order chi connectivity index (χ1) is 11.2. The molecule has 2 aromatic rings. The first-order valence-corrected chi connectivity index (χ1v) is 7.48. The molecule has 1 saturated heterocycles. The van der Waals surface area contributed by atoms with Gasteiger partial charge in [0.2, 0.25) is 5.88 Å². The summed E-state index contributed by atoms with van der Waals surface area (Å²) >= 11 is 0. The Morgan fingerprint density at radius 3 is 2.87 bits per heavy atom. The number of amides is 1. The van der Waals surface area contributed by atoms with E-state index < -0.39 is 0 Å². The van der Waals surface area contributed by atoms with Gasteiger partial charge in [-0.2, -0.15) is 0 Å². The highest BCUT2D eigenvalue weighted by atomic mass is 16.5. The normalized spacial score (nSPS) is 17.8. The summed E-state index contributed by atoms with van der Waals surface area (Å²) in [6.07, 6.45) is 6.56. The smallest absolute Gasteiger partial charge is 0.316 e. The van der Waals surface area contributed by atoms with Gasteiger partial charge in [-0.3, -0.25) is 9.48 Å². The number of carbonyl (C=O) groups is 1. The zero-order valence-corrected chi connectivity index (χ0v) is 13.2. The number of hydrogen-bond acceptors (Lipinski definition) is 6. The maximum Gasteiger partial charge on any atom is 0.316 e. The van der Waals surface area contributed by atoms with Gasteiger partial charge in [-0.1, -0.05) is 0 Å². The van der Waals surface area contributed by atoms with E-state index in [-0.39, 0.29) is 12.0 Å². The van der Waals surface area contributed by atoms with E-state index in [1.807, 2.05) is 0 Å². The van der Waals surface area contributed by atoms with Crippen molar-refractivity contribution in [2.24, 2.45) is 7.05 Å². The highest BCUT2D eigenvalue weighted by Gasteiger charge is 2.29. The fourth-order valence-electron chi connectivity index (χ4n) is 2.65. The minimum absolute atomic E-state index is 0.0998. The molecule has 3 heterocycles. The second-order valence-electron chi connectivity index (χ2n) is 5.39. The Morgan fingerprint density at radius 2 is 2.13 bits per heavy atom. The van der Waals surface area contributed by atoms with Gasteiger partial charge in [0.05, 0.1) is 13.7 Å². The summed E-state index contributed by atoms with van der Waals surface area (Å²) in [6.45, 7) is 1.18. The summed E-state index contributed by atoms with van der Waals surface area (Å²) in [5, 5.41) is 4.13. The number of methoxy groups -OCH3 is 1. The number of carbonyl (C=O) groups excluding carboxylic acids is 1. The summed E-state index contributed by atoms with van der Waals surface area (Å²) in [7, 11) is 3.27. The number of hydrogen-bond donors (Lipinski definition) is 0. The van der Waals surface area contributed by atoms with Crippen LogP contribution in [-0.4, -0.2) is 56.9 Å². The average Bonchev–Trinajstić information content (AvgIpc) is 2.96. The van der Waals surface area contributed by atoms with Crippen LogP contribution in [-0.2, 0) is 7.05 Å². The fourth-order valence-corrected chi connectivity index (χ4v) is 2.65. The molecule has 122 valence electrons. The second kappa shape index (κ2) is 6.64. The Labute approximate surface area is 134 Å². The summed E-state index contributed by atoms with van der Waals surface area (Å²) < 4.78 is 12.5. The van der Waals surface area contributed by atoms with Gasteiger partial charge in [-0.05, 0) is 18.9 Å². The molecule has 0 spiro atoms. The van der Waals surface area contributed by atoms with E-state index in [1.54, 1.807) is 41.3 Å². The van der Waals surface area contributed by atoms with Gasteiger partial charge < -0.3 is 14.4 Å². The summed E-state index contributed by atoms with van der Waals surface area (Å²) in [4.78, 5) is 22.6. The molecule has 8 nitrogen and oxygen atoms in total. The van der Waals surface area contributed by atoms with Crippen molar-refractivity contribution in [3.8, 4) is 11.9 Å². The predicted octanol–water partition coefficient (Wildman–Crippen LogP) is 0.902. The van der Waals surface area contributed by atoms with Gasteiger partial charge in [-0.15, -0.1) is 5.10 Å². The van der Waals surface area contributed by atoms with Crippen molar-refractivity contribution in [2.45, 2.75) is 18.9 Å². The number of rotatable bonds is 4. The monoisotopic (exact) mass is 317 g/mol. The van der Waals surface area contributed by atoms with Crippen molar-refractivity contribution in [2.75, 3.05) is 20.2 Å². The predicted molar refractivity (Wildman–Crippen MR) is 81.3 cm³/mol. The maximum atomic E-state index is 12.7. The van der Waals surface area contributed by atoms with E-state index in [9.17, 15) is 4.79 Å². The van der Waals surface area contributed by atoms with Crippen LogP contribution < -0.4 is 9.47 Å². The third-order valence-electron chi connectivity index (χ3n) is 3.70. The van der Waals surface area contributed by atoms with Gasteiger partial charge >= 0.3 is 6.01 Å². The van der Waals surface area contributed by atoms with Gasteiger partial charge in [0, 0.05) is 32.2 Å². The topological polar surface area (TPSA) is 82.4 Å². The zero-order chi connectivity index (χ0) is 16.2. The quantitative estimate of drug-likeness (QED) is 0.833. The van der Waals surface area contributed by atoms with Crippen molar-refractivity contribution in [1.29, 1.82) is 0 Å². The Kier molecular flexibility index (Phi) is 4.40. The Balaban J connectivity index is 1.69. The number of aromatic nitrogens is 4. The van der Waals surface area contributed by atoms with Crippen LogP contribution in [0, 0.1) is 0 Å². The zero-order valence-electron chi connectivity index (χ0n) is 13.2. The number of aryl methyl sites for hydroxylation is 1.